The molecule has 0 heterocycles. The van der Waals surface area contributed by atoms with E-state index in [1.165, 1.54) is 13.2 Å². The molecule has 0 saturated carbocycles. The number of ether oxygens (including phenoxy) is 1. The topological polar surface area (TPSA) is 38.7 Å². The molecule has 0 spiro atoms. The summed E-state index contributed by atoms with van der Waals surface area (Å²) in [6, 6.07) is 9.92. The maximum absolute atomic E-state index is 13.9. The lowest BCUT2D eigenvalue weighted by Gasteiger charge is -2.12. The van der Waals surface area contributed by atoms with Crippen LogP contribution in [0.3, 0.4) is 0 Å². The normalized spacial score (nSPS) is 10.1. The van der Waals surface area contributed by atoms with Gasteiger partial charge in [0, 0.05) is 5.02 Å². The van der Waals surface area contributed by atoms with Gasteiger partial charge in [-0.25, -0.2) is 4.39 Å². The first-order valence-corrected chi connectivity index (χ1v) is 5.79. The van der Waals surface area contributed by atoms with Gasteiger partial charge in [-0.1, -0.05) is 23.7 Å². The highest BCUT2D eigenvalue weighted by atomic mass is 35.5. The Morgan fingerprint density at radius 2 is 2.00 bits per heavy atom. The van der Waals surface area contributed by atoms with E-state index in [-0.39, 0.29) is 11.5 Å². The van der Waals surface area contributed by atoms with E-state index < -0.39 is 5.82 Å². The standard InChI is InChI=1S/C13H10BClFO3/c1-18-12-7-9(6-11(16)13(12)19-14-17)8-3-2-4-10(15)5-8/h2-7,17H,1H3. The molecule has 1 radical (unpaired) electrons. The van der Waals surface area contributed by atoms with Crippen molar-refractivity contribution in [3.05, 3.63) is 47.2 Å². The molecule has 0 saturated heterocycles. The zero-order chi connectivity index (χ0) is 13.8. The van der Waals surface area contributed by atoms with Crippen molar-refractivity contribution in [3.8, 4) is 22.6 Å². The minimum Gasteiger partial charge on any atom is -0.533 e. The molecule has 2 aromatic carbocycles. The summed E-state index contributed by atoms with van der Waals surface area (Å²) in [5.74, 6) is -0.629. The van der Waals surface area contributed by atoms with Crippen molar-refractivity contribution in [3.63, 3.8) is 0 Å². The van der Waals surface area contributed by atoms with Gasteiger partial charge in [0.15, 0.2) is 17.3 Å². The molecule has 3 nitrogen and oxygen atoms in total. The molecule has 0 fully saturated rings. The molecule has 0 bridgehead atoms. The van der Waals surface area contributed by atoms with Gasteiger partial charge >= 0.3 is 7.69 Å². The molecule has 97 valence electrons. The van der Waals surface area contributed by atoms with Gasteiger partial charge in [-0.3, -0.25) is 0 Å². The van der Waals surface area contributed by atoms with E-state index in [0.717, 1.165) is 5.56 Å². The molecular formula is C13H10BClFO3. The van der Waals surface area contributed by atoms with E-state index in [9.17, 15) is 4.39 Å². The number of halogens is 2. The van der Waals surface area contributed by atoms with Gasteiger partial charge in [-0.15, -0.1) is 0 Å². The highest BCUT2D eigenvalue weighted by Gasteiger charge is 2.14. The number of benzene rings is 2. The minimum absolute atomic E-state index is 0.171. The number of methoxy groups -OCH3 is 1. The summed E-state index contributed by atoms with van der Waals surface area (Å²) in [6.07, 6.45) is 0. The largest absolute Gasteiger partial charge is 0.569 e. The predicted octanol–water partition coefficient (Wildman–Crippen LogP) is 3.06. The van der Waals surface area contributed by atoms with Crippen LogP contribution in [0.1, 0.15) is 0 Å². The molecule has 6 heteroatoms. The van der Waals surface area contributed by atoms with Crippen LogP contribution in [0.4, 0.5) is 4.39 Å². The SMILES string of the molecule is COc1cc(-c2cccc(Cl)c2)cc(F)c1O[B]O. The second-order valence-electron chi connectivity index (χ2n) is 3.72. The molecule has 0 atom stereocenters. The van der Waals surface area contributed by atoms with Gasteiger partial charge < -0.3 is 14.4 Å². The average molecular weight is 279 g/mol. The molecule has 0 aliphatic heterocycles. The molecule has 0 aromatic heterocycles. The Bertz CT molecular complexity index is 592. The summed E-state index contributed by atoms with van der Waals surface area (Å²) < 4.78 is 23.6. The van der Waals surface area contributed by atoms with E-state index in [2.05, 4.69) is 4.65 Å². The van der Waals surface area contributed by atoms with Crippen LogP contribution in [-0.4, -0.2) is 19.8 Å². The smallest absolute Gasteiger partial charge is 0.533 e. The first-order chi connectivity index (χ1) is 9.15. The second kappa shape index (κ2) is 5.95. The third-order valence-corrected chi connectivity index (χ3v) is 2.79. The van der Waals surface area contributed by atoms with Crippen LogP contribution >= 0.6 is 11.6 Å². The van der Waals surface area contributed by atoms with Gasteiger partial charge in [-0.2, -0.15) is 0 Å². The highest BCUT2D eigenvalue weighted by Crippen LogP contribution is 2.35. The second-order valence-corrected chi connectivity index (χ2v) is 4.16. The maximum Gasteiger partial charge on any atom is 0.569 e. The molecule has 1 N–H and O–H groups in total. The average Bonchev–Trinajstić information content (AvgIpc) is 2.41. The molecule has 19 heavy (non-hydrogen) atoms. The third-order valence-electron chi connectivity index (χ3n) is 2.56. The quantitative estimate of drug-likeness (QED) is 0.874. The molecule has 0 aliphatic rings. The Hall–Kier alpha value is -1.72. The van der Waals surface area contributed by atoms with Crippen molar-refractivity contribution < 1.29 is 18.8 Å². The van der Waals surface area contributed by atoms with Crippen LogP contribution in [0.2, 0.25) is 5.02 Å². The van der Waals surface area contributed by atoms with Crippen LogP contribution in [-0.2, 0) is 0 Å². The van der Waals surface area contributed by atoms with Crippen molar-refractivity contribution in [2.45, 2.75) is 0 Å². The Labute approximate surface area is 115 Å². The third kappa shape index (κ3) is 3.00. The lowest BCUT2D eigenvalue weighted by Crippen LogP contribution is -2.04. The van der Waals surface area contributed by atoms with Gasteiger partial charge in [0.1, 0.15) is 0 Å². The summed E-state index contributed by atoms with van der Waals surface area (Å²) in [4.78, 5) is 0. The summed E-state index contributed by atoms with van der Waals surface area (Å²) in [5, 5.41) is 9.16. The zero-order valence-electron chi connectivity index (χ0n) is 10.1. The molecule has 0 unspecified atom stereocenters. The maximum atomic E-state index is 13.9. The lowest BCUT2D eigenvalue weighted by molar-refractivity contribution is 0.369. The van der Waals surface area contributed by atoms with Crippen LogP contribution in [0.5, 0.6) is 11.5 Å². The van der Waals surface area contributed by atoms with Gasteiger partial charge in [-0.05, 0) is 35.4 Å². The van der Waals surface area contributed by atoms with Gasteiger partial charge in [0.05, 0.1) is 7.11 Å². The predicted molar refractivity (Wildman–Crippen MR) is 72.0 cm³/mol. The van der Waals surface area contributed by atoms with E-state index >= 15 is 0 Å². The van der Waals surface area contributed by atoms with Crippen LogP contribution in [0, 0.1) is 5.82 Å². The Morgan fingerprint density at radius 1 is 1.21 bits per heavy atom. The van der Waals surface area contributed by atoms with E-state index in [1.54, 1.807) is 30.3 Å². The van der Waals surface area contributed by atoms with Crippen molar-refractivity contribution in [2.75, 3.05) is 7.11 Å². The number of rotatable bonds is 4. The fourth-order valence-corrected chi connectivity index (χ4v) is 1.91. The molecule has 2 rings (SSSR count). The Kier molecular flexibility index (Phi) is 4.29. The molecule has 0 amide bonds. The monoisotopic (exact) mass is 279 g/mol. The summed E-state index contributed by atoms with van der Waals surface area (Å²) >= 11 is 5.90. The van der Waals surface area contributed by atoms with Crippen molar-refractivity contribution in [1.82, 2.24) is 0 Å². The van der Waals surface area contributed by atoms with Crippen molar-refractivity contribution >= 4 is 19.3 Å². The highest BCUT2D eigenvalue weighted by molar-refractivity contribution is 6.30. The Morgan fingerprint density at radius 3 is 2.63 bits per heavy atom. The zero-order valence-corrected chi connectivity index (χ0v) is 10.8. The first kappa shape index (κ1) is 13.7. The van der Waals surface area contributed by atoms with Gasteiger partial charge in [0.2, 0.25) is 0 Å². The number of hydrogen-bond acceptors (Lipinski definition) is 3. The van der Waals surface area contributed by atoms with Crippen LogP contribution < -0.4 is 9.39 Å². The summed E-state index contributed by atoms with van der Waals surface area (Å²) in [7, 11) is 1.79. The first-order valence-electron chi connectivity index (χ1n) is 5.41. The molecule has 2 aromatic rings. The Balaban J connectivity index is 2.51. The minimum atomic E-state index is -0.639. The fourth-order valence-electron chi connectivity index (χ4n) is 1.72. The molecular weight excluding hydrogens is 269 g/mol. The summed E-state index contributed by atoms with van der Waals surface area (Å²) in [5.41, 5.74) is 1.35. The van der Waals surface area contributed by atoms with Crippen LogP contribution in [0.25, 0.3) is 11.1 Å². The van der Waals surface area contributed by atoms with Crippen LogP contribution in [0.15, 0.2) is 36.4 Å². The number of hydrogen-bond donors (Lipinski definition) is 1. The summed E-state index contributed by atoms with van der Waals surface area (Å²) in [6.45, 7) is 0. The molecule has 0 aliphatic carbocycles. The van der Waals surface area contributed by atoms with E-state index in [1.807, 2.05) is 0 Å². The van der Waals surface area contributed by atoms with E-state index in [4.69, 9.17) is 21.4 Å². The van der Waals surface area contributed by atoms with Crippen molar-refractivity contribution in [2.24, 2.45) is 0 Å². The lowest BCUT2D eigenvalue weighted by atomic mass is 10.0. The fraction of sp³-hybridized carbons (Fsp3) is 0.0769. The van der Waals surface area contributed by atoms with Crippen molar-refractivity contribution in [1.29, 1.82) is 0 Å². The van der Waals surface area contributed by atoms with E-state index in [0.29, 0.717) is 18.3 Å². The van der Waals surface area contributed by atoms with Gasteiger partial charge in [0.25, 0.3) is 0 Å².